The zero-order valence-corrected chi connectivity index (χ0v) is 27.7. The largest absolute Gasteiger partial charge is 0.445 e. The van der Waals surface area contributed by atoms with E-state index in [2.05, 4.69) is 16.0 Å². The summed E-state index contributed by atoms with van der Waals surface area (Å²) in [5.41, 5.74) is 0.935. The summed E-state index contributed by atoms with van der Waals surface area (Å²) in [5.74, 6) is -0.521. The van der Waals surface area contributed by atoms with Crippen molar-refractivity contribution in [3.05, 3.63) is 114 Å². The van der Waals surface area contributed by atoms with Crippen molar-refractivity contribution in [3.63, 3.8) is 0 Å². The predicted octanol–water partition coefficient (Wildman–Crippen LogP) is 6.79. The Kier molecular flexibility index (Phi) is 12.8. The van der Waals surface area contributed by atoms with Gasteiger partial charge in [0.25, 0.3) is 0 Å². The number of carbonyl (C=O) groups excluding carboxylic acids is 4. The van der Waals surface area contributed by atoms with Gasteiger partial charge in [0.2, 0.25) is 11.0 Å². The van der Waals surface area contributed by atoms with Crippen LogP contribution in [0.5, 0.6) is 0 Å². The third kappa shape index (κ3) is 12.1. The van der Waals surface area contributed by atoms with Gasteiger partial charge in [-0.05, 0) is 79.4 Å². The Bertz CT molecular complexity index is 1640. The van der Waals surface area contributed by atoms with Crippen molar-refractivity contribution < 1.29 is 28.7 Å². The van der Waals surface area contributed by atoms with Crippen LogP contribution in [0.25, 0.3) is 10.8 Å². The Balaban J connectivity index is 1.44. The van der Waals surface area contributed by atoms with Crippen molar-refractivity contribution in [2.75, 3.05) is 6.54 Å². The van der Waals surface area contributed by atoms with E-state index in [1.807, 2.05) is 103 Å². The van der Waals surface area contributed by atoms with Crippen molar-refractivity contribution in [3.8, 4) is 0 Å². The van der Waals surface area contributed by atoms with Crippen molar-refractivity contribution in [1.29, 1.82) is 0 Å². The summed E-state index contributed by atoms with van der Waals surface area (Å²) in [6.07, 6.45) is -0.484. The van der Waals surface area contributed by atoms with Crippen LogP contribution >= 0.6 is 11.8 Å². The lowest BCUT2D eigenvalue weighted by Crippen LogP contribution is -2.53. The molecule has 2 atom stereocenters. The number of fused-ring (bicyclic) bond motifs is 1. The third-order valence-electron chi connectivity index (χ3n) is 6.98. The number of amides is 3. The van der Waals surface area contributed by atoms with E-state index in [9.17, 15) is 19.2 Å². The molecule has 0 saturated heterocycles. The van der Waals surface area contributed by atoms with Gasteiger partial charge < -0.3 is 25.4 Å². The van der Waals surface area contributed by atoms with E-state index in [1.165, 1.54) is 0 Å². The molecule has 0 spiro atoms. The van der Waals surface area contributed by atoms with Crippen molar-refractivity contribution in [2.45, 2.75) is 69.2 Å². The van der Waals surface area contributed by atoms with Crippen LogP contribution in [0.2, 0.25) is 0 Å². The monoisotopic (exact) mass is 655 g/mol. The molecule has 4 aromatic carbocycles. The minimum atomic E-state index is -1.00. The predicted molar refractivity (Wildman–Crippen MR) is 184 cm³/mol. The summed E-state index contributed by atoms with van der Waals surface area (Å²) < 4.78 is 10.7. The average Bonchev–Trinajstić information content (AvgIpc) is 3.04. The number of hydrogen-bond acceptors (Lipinski definition) is 7. The quantitative estimate of drug-likeness (QED) is 0.107. The molecule has 0 saturated carbocycles. The summed E-state index contributed by atoms with van der Waals surface area (Å²) in [4.78, 5) is 53.1. The molecule has 0 bridgehead atoms. The molecule has 3 N–H and O–H groups in total. The molecular weight excluding hydrogens is 614 g/mol. The van der Waals surface area contributed by atoms with Gasteiger partial charge >= 0.3 is 12.2 Å². The van der Waals surface area contributed by atoms with Gasteiger partial charge in [0.05, 0.1) is 6.04 Å². The number of hydrogen-bond donors (Lipinski definition) is 3. The highest BCUT2D eigenvalue weighted by Crippen LogP contribution is 2.26. The van der Waals surface area contributed by atoms with Gasteiger partial charge in [-0.1, -0.05) is 91.0 Å². The standard InChI is InChI=1S/C37H41N3O6S/c1-37(2,3)46-36(44)40-32(23-26-13-6-4-7-14-26)33(41)39-31(19-12-22-38-35(43)45-25-27-15-8-5-9-16-27)34(42)47-30-21-20-28-17-10-11-18-29(28)24-30/h4-11,13-18,20-21,24,31-32H,12,19,22-23,25H2,1-3H3,(H,38,43)(H,39,41)(H,40,44)/t31-,32-/m0/s1. The van der Waals surface area contributed by atoms with Gasteiger partial charge in [-0.2, -0.15) is 0 Å². The molecule has 4 aromatic rings. The van der Waals surface area contributed by atoms with Gasteiger partial charge in [-0.3, -0.25) is 9.59 Å². The third-order valence-corrected chi connectivity index (χ3v) is 7.96. The highest BCUT2D eigenvalue weighted by molar-refractivity contribution is 8.13. The van der Waals surface area contributed by atoms with Crippen LogP contribution < -0.4 is 16.0 Å². The van der Waals surface area contributed by atoms with Gasteiger partial charge in [0, 0.05) is 17.9 Å². The molecule has 0 aliphatic carbocycles. The smallest absolute Gasteiger partial charge is 0.408 e. The molecule has 4 rings (SSSR count). The lowest BCUT2D eigenvalue weighted by atomic mass is 10.0. The first-order valence-electron chi connectivity index (χ1n) is 15.5. The second kappa shape index (κ2) is 17.2. The topological polar surface area (TPSA) is 123 Å². The molecule has 10 heteroatoms. The molecule has 0 aliphatic rings. The highest BCUT2D eigenvalue weighted by atomic mass is 32.2. The summed E-state index contributed by atoms with van der Waals surface area (Å²) in [6.45, 7) is 5.59. The van der Waals surface area contributed by atoms with Crippen molar-refractivity contribution in [1.82, 2.24) is 16.0 Å². The number of nitrogens with one attached hydrogen (secondary N) is 3. The van der Waals surface area contributed by atoms with E-state index in [-0.39, 0.29) is 31.1 Å². The van der Waals surface area contributed by atoms with E-state index >= 15 is 0 Å². The average molecular weight is 656 g/mol. The number of ether oxygens (including phenoxy) is 2. The second-order valence-electron chi connectivity index (χ2n) is 12.0. The number of alkyl carbamates (subject to hydrolysis) is 2. The normalized spacial score (nSPS) is 12.4. The molecule has 0 aliphatic heterocycles. The van der Waals surface area contributed by atoms with Crippen LogP contribution in [-0.2, 0) is 32.1 Å². The summed E-state index contributed by atoms with van der Waals surface area (Å²) >= 11 is 1.04. The van der Waals surface area contributed by atoms with E-state index < -0.39 is 35.8 Å². The molecule has 9 nitrogen and oxygen atoms in total. The SMILES string of the molecule is CC(C)(C)OC(=O)N[C@@H](Cc1ccccc1)C(=O)N[C@@H](CCCNC(=O)OCc1ccccc1)C(=O)Sc1ccc2ccccc2c1. The van der Waals surface area contributed by atoms with E-state index in [0.717, 1.165) is 38.6 Å². The molecule has 0 fully saturated rings. The maximum absolute atomic E-state index is 13.7. The van der Waals surface area contributed by atoms with Crippen LogP contribution in [0, 0.1) is 0 Å². The van der Waals surface area contributed by atoms with Crippen LogP contribution in [0.4, 0.5) is 9.59 Å². The number of benzene rings is 4. The maximum atomic E-state index is 13.7. The lowest BCUT2D eigenvalue weighted by molar-refractivity contribution is -0.126. The van der Waals surface area contributed by atoms with Crippen LogP contribution in [-0.4, -0.2) is 47.4 Å². The fourth-order valence-electron chi connectivity index (χ4n) is 4.72. The molecular formula is C37H41N3O6S. The Hall–Kier alpha value is -4.83. The fraction of sp³-hybridized carbons (Fsp3) is 0.297. The second-order valence-corrected chi connectivity index (χ2v) is 13.1. The molecule has 246 valence electrons. The highest BCUT2D eigenvalue weighted by Gasteiger charge is 2.29. The first-order valence-corrected chi connectivity index (χ1v) is 16.4. The van der Waals surface area contributed by atoms with Gasteiger partial charge in [0.1, 0.15) is 18.2 Å². The van der Waals surface area contributed by atoms with Crippen LogP contribution in [0.3, 0.4) is 0 Å². The van der Waals surface area contributed by atoms with Gasteiger partial charge in [-0.25, -0.2) is 9.59 Å². The fourth-order valence-corrected chi connectivity index (χ4v) is 5.59. The first kappa shape index (κ1) is 35.0. The first-order chi connectivity index (χ1) is 22.6. The van der Waals surface area contributed by atoms with Gasteiger partial charge in [-0.15, -0.1) is 0 Å². The number of rotatable bonds is 13. The molecule has 0 aromatic heterocycles. The molecule has 0 unspecified atom stereocenters. The maximum Gasteiger partial charge on any atom is 0.408 e. The van der Waals surface area contributed by atoms with E-state index in [1.54, 1.807) is 20.8 Å². The number of carbonyl (C=O) groups is 4. The van der Waals surface area contributed by atoms with Gasteiger partial charge in [0.15, 0.2) is 0 Å². The summed E-state index contributed by atoms with van der Waals surface area (Å²) in [6, 6.07) is 30.3. The Labute approximate surface area is 279 Å². The van der Waals surface area contributed by atoms with Crippen LogP contribution in [0.15, 0.2) is 108 Å². The molecule has 0 radical (unpaired) electrons. The summed E-state index contributed by atoms with van der Waals surface area (Å²) in [5, 5.41) is 10.0. The molecule has 3 amide bonds. The Morgan fingerprint density at radius 2 is 1.36 bits per heavy atom. The van der Waals surface area contributed by atoms with Crippen LogP contribution in [0.1, 0.15) is 44.7 Å². The van der Waals surface area contributed by atoms with Crippen molar-refractivity contribution >= 4 is 45.7 Å². The Morgan fingerprint density at radius 1 is 0.723 bits per heavy atom. The Morgan fingerprint density at radius 3 is 2.04 bits per heavy atom. The minimum Gasteiger partial charge on any atom is -0.445 e. The zero-order valence-electron chi connectivity index (χ0n) is 26.9. The lowest BCUT2D eigenvalue weighted by Gasteiger charge is -2.25. The molecule has 47 heavy (non-hydrogen) atoms. The van der Waals surface area contributed by atoms with E-state index in [0.29, 0.717) is 6.42 Å². The van der Waals surface area contributed by atoms with E-state index in [4.69, 9.17) is 9.47 Å². The number of thioether (sulfide) groups is 1. The van der Waals surface area contributed by atoms with Crippen molar-refractivity contribution in [2.24, 2.45) is 0 Å². The molecule has 0 heterocycles. The zero-order chi connectivity index (χ0) is 33.6. The minimum absolute atomic E-state index is 0.139. The summed E-state index contributed by atoms with van der Waals surface area (Å²) in [7, 11) is 0.